The minimum Gasteiger partial charge on any atom is -0.356 e. The molecule has 0 radical (unpaired) electrons. The molecule has 0 aliphatic carbocycles. The van der Waals surface area contributed by atoms with Crippen LogP contribution in [0.1, 0.15) is 30.8 Å². The van der Waals surface area contributed by atoms with Crippen LogP contribution in [-0.2, 0) is 4.57 Å². The molecule has 0 spiro atoms. The first-order chi connectivity index (χ1) is 9.10. The number of aromatic nitrogens is 2. The lowest BCUT2D eigenvalue weighted by atomic mass is 10.2. The van der Waals surface area contributed by atoms with Crippen molar-refractivity contribution in [3.63, 3.8) is 0 Å². The van der Waals surface area contributed by atoms with E-state index in [1.54, 1.807) is 6.20 Å². The van der Waals surface area contributed by atoms with Gasteiger partial charge in [0.25, 0.3) is 0 Å². The van der Waals surface area contributed by atoms with E-state index >= 15 is 0 Å². The van der Waals surface area contributed by atoms with Gasteiger partial charge in [0, 0.05) is 13.1 Å². The van der Waals surface area contributed by atoms with Gasteiger partial charge in [-0.25, -0.2) is 9.97 Å². The minimum absolute atomic E-state index is 0.151. The van der Waals surface area contributed by atoms with Crippen LogP contribution in [0.15, 0.2) is 6.20 Å². The zero-order valence-electron chi connectivity index (χ0n) is 11.1. The third-order valence-electron chi connectivity index (χ3n) is 2.47. The molecule has 10 heteroatoms. The van der Waals surface area contributed by atoms with Crippen LogP contribution in [0.25, 0.3) is 0 Å². The highest BCUT2D eigenvalue weighted by Gasteiger charge is 2.11. The summed E-state index contributed by atoms with van der Waals surface area (Å²) >= 11 is 19.6. The number of nitrogens with zero attached hydrogens (tertiary/aromatic N) is 3. The molecule has 20 heavy (non-hydrogen) atoms. The Kier molecular flexibility index (Phi) is 9.03. The van der Waals surface area contributed by atoms with Gasteiger partial charge in [-0.15, -0.1) is 0 Å². The zero-order chi connectivity index (χ0) is 15.9. The van der Waals surface area contributed by atoms with Gasteiger partial charge in [-0.1, -0.05) is 18.5 Å². The average molecular weight is 381 g/mol. The quantitative estimate of drug-likeness (QED) is 0.543. The van der Waals surface area contributed by atoms with Crippen LogP contribution < -0.4 is 4.90 Å². The summed E-state index contributed by atoms with van der Waals surface area (Å²) in [6.07, 6.45) is 3.16. The predicted octanol–water partition coefficient (Wildman–Crippen LogP) is 4.99. The zero-order valence-corrected chi connectivity index (χ0v) is 15.0. The molecule has 1 heterocycles. The second-order valence-corrected chi connectivity index (χ2v) is 10.8. The summed E-state index contributed by atoms with van der Waals surface area (Å²) < 4.78 is 9.51. The lowest BCUT2D eigenvalue weighted by Gasteiger charge is -2.24. The molecule has 1 rings (SSSR count). The second kappa shape index (κ2) is 9.06. The van der Waals surface area contributed by atoms with Gasteiger partial charge in [-0.05, 0) is 47.1 Å². The molecule has 1 atom stereocenters. The number of hydrogen-bond donors (Lipinski definition) is 0. The van der Waals surface area contributed by atoms with E-state index in [2.05, 4.69) is 57.5 Å². The molecule has 0 aromatic carbocycles. The highest BCUT2D eigenvalue weighted by atomic mass is 36.0. The smallest absolute Gasteiger partial charge is 0.339 e. The molecule has 1 aromatic heterocycles. The summed E-state index contributed by atoms with van der Waals surface area (Å²) in [6, 6.07) is 0.359. The van der Waals surface area contributed by atoms with Gasteiger partial charge in [-0.3, -0.25) is 9.36 Å². The van der Waals surface area contributed by atoms with Crippen molar-refractivity contribution in [3.05, 3.63) is 17.0 Å². The Labute approximate surface area is 137 Å². The van der Waals surface area contributed by atoms with Gasteiger partial charge in [0.05, 0.1) is 6.20 Å². The van der Waals surface area contributed by atoms with Crippen molar-refractivity contribution in [2.75, 3.05) is 11.9 Å². The lowest BCUT2D eigenvalue weighted by Crippen LogP contribution is -2.29. The Bertz CT molecular complexity index is 489. The van der Waals surface area contributed by atoms with Crippen LogP contribution in [0.4, 0.5) is 5.82 Å². The number of halogens is 4. The molecule has 0 aliphatic heterocycles. The number of carbonyl (C=O) groups is 1. The van der Waals surface area contributed by atoms with Crippen LogP contribution in [0, 0.1) is 0 Å². The summed E-state index contributed by atoms with van der Waals surface area (Å²) in [4.78, 5) is 20.5. The lowest BCUT2D eigenvalue weighted by molar-refractivity contribution is 0.111. The summed E-state index contributed by atoms with van der Waals surface area (Å²) in [6.45, 7) is 4.18. The average Bonchev–Trinajstić information content (AvgIpc) is 2.34. The van der Waals surface area contributed by atoms with Crippen molar-refractivity contribution in [1.29, 1.82) is 0 Å². The Balaban J connectivity index is 0.000000621. The maximum Gasteiger partial charge on any atom is 0.339 e. The fraction of sp³-hybridized carbons (Fsp3) is 0.500. The van der Waals surface area contributed by atoms with Gasteiger partial charge in [-0.2, -0.15) is 0 Å². The van der Waals surface area contributed by atoms with E-state index < -0.39 is 5.20 Å². The van der Waals surface area contributed by atoms with Crippen LogP contribution in [0.3, 0.4) is 0 Å². The van der Waals surface area contributed by atoms with Gasteiger partial charge >= 0.3 is 5.20 Å². The van der Waals surface area contributed by atoms with Crippen molar-refractivity contribution < 1.29 is 9.36 Å². The number of rotatable bonds is 4. The van der Waals surface area contributed by atoms with Gasteiger partial charge < -0.3 is 4.90 Å². The molecule has 1 unspecified atom stereocenters. The predicted molar refractivity (Wildman–Crippen MR) is 85.8 cm³/mol. The SMILES string of the molecule is CCC(C)N(C)c1cnc(C=O)c(Cl)n1.O=P(Cl)(Cl)Cl. The van der Waals surface area contributed by atoms with E-state index in [1.165, 1.54) is 0 Å². The monoisotopic (exact) mass is 379 g/mol. The molecule has 5 nitrogen and oxygen atoms in total. The number of aldehydes is 1. The van der Waals surface area contributed by atoms with E-state index in [0.29, 0.717) is 18.1 Å². The molecule has 0 N–H and O–H groups in total. The number of carbonyl (C=O) groups excluding carboxylic acids is 1. The maximum atomic E-state index is 10.5. The molecule has 114 valence electrons. The van der Waals surface area contributed by atoms with Crippen molar-refractivity contribution in [2.24, 2.45) is 0 Å². The van der Waals surface area contributed by atoms with Gasteiger partial charge in [0.1, 0.15) is 11.5 Å². The molecule has 0 amide bonds. The molecule has 0 bridgehead atoms. The Morgan fingerprint density at radius 2 is 1.95 bits per heavy atom. The molecule has 0 saturated heterocycles. The highest BCUT2D eigenvalue weighted by molar-refractivity contribution is 8.24. The van der Waals surface area contributed by atoms with Crippen LogP contribution in [0.2, 0.25) is 5.15 Å². The van der Waals surface area contributed by atoms with Gasteiger partial charge in [0.2, 0.25) is 0 Å². The largest absolute Gasteiger partial charge is 0.356 e. The normalized spacial score (nSPS) is 12.2. The first kappa shape index (κ1) is 19.9. The van der Waals surface area contributed by atoms with Crippen molar-refractivity contribution >= 4 is 62.6 Å². The first-order valence-corrected chi connectivity index (χ1v) is 10.3. The van der Waals surface area contributed by atoms with Crippen molar-refractivity contribution in [1.82, 2.24) is 9.97 Å². The highest BCUT2D eigenvalue weighted by Crippen LogP contribution is 2.61. The van der Waals surface area contributed by atoms with Crippen LogP contribution in [-0.4, -0.2) is 29.3 Å². The topological polar surface area (TPSA) is 63.2 Å². The molecular weight excluding hydrogens is 367 g/mol. The molecule has 0 saturated carbocycles. The van der Waals surface area contributed by atoms with Crippen LogP contribution in [0.5, 0.6) is 0 Å². The second-order valence-electron chi connectivity index (χ2n) is 3.79. The van der Waals surface area contributed by atoms with E-state index in [-0.39, 0.29) is 10.8 Å². The van der Waals surface area contributed by atoms with E-state index in [4.69, 9.17) is 11.6 Å². The first-order valence-electron chi connectivity index (χ1n) is 5.49. The third kappa shape index (κ3) is 8.28. The van der Waals surface area contributed by atoms with Crippen molar-refractivity contribution in [3.8, 4) is 0 Å². The molecule has 1 aromatic rings. The Hall–Kier alpha value is -0.0600. The fourth-order valence-corrected chi connectivity index (χ4v) is 1.30. The summed E-state index contributed by atoms with van der Waals surface area (Å²) in [5, 5.41) is -3.07. The summed E-state index contributed by atoms with van der Waals surface area (Å²) in [7, 11) is 1.93. The number of anilines is 1. The summed E-state index contributed by atoms with van der Waals surface area (Å²) in [5.74, 6) is 0.681. The van der Waals surface area contributed by atoms with Crippen LogP contribution >= 0.6 is 50.5 Å². The fourth-order valence-electron chi connectivity index (χ4n) is 1.12. The van der Waals surface area contributed by atoms with Crippen molar-refractivity contribution in [2.45, 2.75) is 26.3 Å². The standard InChI is InChI=1S/C10H14ClN3O.Cl3OP/c1-4-7(2)14(3)9-5-12-8(6-15)10(11)13-9;1-5(2,3)4/h5-7H,4H2,1-3H3;. The van der Waals surface area contributed by atoms with E-state index in [0.717, 1.165) is 6.42 Å². The minimum atomic E-state index is -3.22. The van der Waals surface area contributed by atoms with E-state index in [1.807, 2.05) is 11.9 Å². The number of hydrogen-bond acceptors (Lipinski definition) is 5. The third-order valence-corrected chi connectivity index (χ3v) is 2.75. The van der Waals surface area contributed by atoms with Gasteiger partial charge in [0.15, 0.2) is 11.4 Å². The van der Waals surface area contributed by atoms with E-state index in [9.17, 15) is 9.36 Å². The molecule has 0 fully saturated rings. The Morgan fingerprint density at radius 1 is 1.45 bits per heavy atom. The Morgan fingerprint density at radius 3 is 2.30 bits per heavy atom. The maximum absolute atomic E-state index is 10.5. The summed E-state index contributed by atoms with van der Waals surface area (Å²) in [5.41, 5.74) is 0.179. The molecule has 0 aliphatic rings. The molecular formula is C10H14Cl4N3O2P.